The first-order chi connectivity index (χ1) is 16.4. The summed E-state index contributed by atoms with van der Waals surface area (Å²) < 4.78 is 0. The van der Waals surface area contributed by atoms with E-state index in [4.69, 9.17) is 15.0 Å². The third-order valence-electron chi connectivity index (χ3n) is 9.61. The Kier molecular flexibility index (Phi) is 8.09. The van der Waals surface area contributed by atoms with Crippen molar-refractivity contribution in [3.8, 4) is 0 Å². The summed E-state index contributed by atoms with van der Waals surface area (Å²) in [5.74, 6) is 2.47. The molecule has 1 aromatic rings. The molecule has 2 aliphatic rings. The fraction of sp³-hybridized carbons (Fsp3) is 0.897. The van der Waals surface area contributed by atoms with Gasteiger partial charge in [-0.25, -0.2) is 0 Å². The van der Waals surface area contributed by atoms with Crippen LogP contribution in [-0.2, 0) is 0 Å². The molecule has 1 aromatic heterocycles. The van der Waals surface area contributed by atoms with Crippen LogP contribution < -0.4 is 9.80 Å². The van der Waals surface area contributed by atoms with Crippen LogP contribution in [0.3, 0.4) is 0 Å². The van der Waals surface area contributed by atoms with Crippen molar-refractivity contribution >= 4 is 11.9 Å². The Hall–Kier alpha value is -1.47. The summed E-state index contributed by atoms with van der Waals surface area (Å²) in [6, 6.07) is 0.782. The lowest BCUT2D eigenvalue weighted by Crippen LogP contribution is -2.63. The zero-order valence-corrected chi connectivity index (χ0v) is 25.7. The van der Waals surface area contributed by atoms with Gasteiger partial charge in [-0.15, -0.1) is 0 Å². The molecule has 206 valence electrons. The Balaban J connectivity index is 1.96. The van der Waals surface area contributed by atoms with Crippen LogP contribution in [0.4, 0.5) is 11.9 Å². The van der Waals surface area contributed by atoms with Gasteiger partial charge in [0.25, 0.3) is 0 Å². The zero-order chi connectivity index (χ0) is 27.3. The van der Waals surface area contributed by atoms with Gasteiger partial charge in [0.2, 0.25) is 11.9 Å². The van der Waals surface area contributed by atoms with Crippen molar-refractivity contribution in [3.63, 3.8) is 0 Å². The second-order valence-electron chi connectivity index (χ2n) is 14.1. The first-order valence-electron chi connectivity index (χ1n) is 14.1. The predicted octanol–water partition coefficient (Wildman–Crippen LogP) is 5.53. The van der Waals surface area contributed by atoms with E-state index in [1.54, 1.807) is 0 Å². The number of nitrogens with zero attached hydrogens (tertiary/aromatic N) is 7. The van der Waals surface area contributed by atoms with Gasteiger partial charge in [0.1, 0.15) is 5.82 Å². The molecule has 0 spiro atoms. The lowest BCUT2D eigenvalue weighted by Gasteiger charge is -2.55. The lowest BCUT2D eigenvalue weighted by molar-refractivity contribution is -0.0129. The SMILES string of the molecule is CCCCN(c1nc(C)nc(N(C)C2CC(C)(C)N(C)C(C)(C)C2)n1)C1CC(C)(C)N(C)C(C)(C)C1. The molecule has 2 saturated heterocycles. The van der Waals surface area contributed by atoms with Crippen molar-refractivity contribution in [2.45, 2.75) is 142 Å². The average Bonchev–Trinajstić information content (AvgIpc) is 2.74. The summed E-state index contributed by atoms with van der Waals surface area (Å²) in [5.41, 5.74) is 0.460. The van der Waals surface area contributed by atoms with E-state index in [0.717, 1.165) is 62.8 Å². The van der Waals surface area contributed by atoms with Gasteiger partial charge in [-0.2, -0.15) is 15.0 Å². The average molecular weight is 502 g/mol. The number of rotatable bonds is 7. The molecule has 0 atom stereocenters. The van der Waals surface area contributed by atoms with E-state index >= 15 is 0 Å². The molecule has 0 aromatic carbocycles. The molecule has 0 N–H and O–H groups in total. The standard InChI is InChI=1S/C29H55N7/c1-14-15-16-36(23-19-28(7,8)35(13)29(9,10)20-23)25-31-21(2)30-24(32-25)33(11)22-17-26(3,4)34(12)27(5,6)18-22/h22-23H,14-20H2,1-13H3. The van der Waals surface area contributed by atoms with Crippen molar-refractivity contribution in [3.05, 3.63) is 5.82 Å². The largest absolute Gasteiger partial charge is 0.341 e. The summed E-state index contributed by atoms with van der Waals surface area (Å²) in [6.07, 6.45) is 6.67. The fourth-order valence-electron chi connectivity index (χ4n) is 6.81. The lowest BCUT2D eigenvalue weighted by atomic mass is 9.77. The first kappa shape index (κ1) is 29.1. The summed E-state index contributed by atoms with van der Waals surface area (Å²) in [4.78, 5) is 24.9. The van der Waals surface area contributed by atoms with Crippen LogP contribution in [-0.4, -0.2) is 86.7 Å². The zero-order valence-electron chi connectivity index (χ0n) is 25.7. The number of hydrogen-bond acceptors (Lipinski definition) is 7. The van der Waals surface area contributed by atoms with E-state index in [2.05, 4.69) is 103 Å². The number of hydrogen-bond donors (Lipinski definition) is 0. The topological polar surface area (TPSA) is 51.6 Å². The fourth-order valence-corrected chi connectivity index (χ4v) is 6.81. The molecule has 3 rings (SSSR count). The van der Waals surface area contributed by atoms with Gasteiger partial charge in [0.15, 0.2) is 0 Å². The van der Waals surface area contributed by atoms with Gasteiger partial charge >= 0.3 is 0 Å². The van der Waals surface area contributed by atoms with E-state index in [1.807, 2.05) is 6.92 Å². The smallest absolute Gasteiger partial charge is 0.230 e. The molecule has 3 heterocycles. The molecule has 0 amide bonds. The summed E-state index contributed by atoms with van der Waals surface area (Å²) in [6.45, 7) is 24.2. The molecule has 2 aliphatic heterocycles. The Bertz CT molecular complexity index is 871. The monoisotopic (exact) mass is 501 g/mol. The molecule has 7 nitrogen and oxygen atoms in total. The number of likely N-dealkylation sites (tertiary alicyclic amines) is 2. The normalized spacial score (nSPS) is 24.6. The molecule has 0 aliphatic carbocycles. The minimum absolute atomic E-state index is 0.115. The molecular formula is C29H55N7. The molecule has 7 heteroatoms. The van der Waals surface area contributed by atoms with Gasteiger partial charge in [0, 0.05) is 47.8 Å². The number of aromatic nitrogens is 3. The Labute approximate surface area is 222 Å². The second-order valence-corrected chi connectivity index (χ2v) is 14.1. The highest BCUT2D eigenvalue weighted by molar-refractivity contribution is 5.41. The number of unbranched alkanes of at least 4 members (excludes halogenated alkanes) is 1. The minimum Gasteiger partial charge on any atom is -0.341 e. The summed E-state index contributed by atoms with van der Waals surface area (Å²) in [7, 11) is 6.72. The van der Waals surface area contributed by atoms with Gasteiger partial charge in [0.05, 0.1) is 0 Å². The van der Waals surface area contributed by atoms with Gasteiger partial charge in [-0.05, 0) is 109 Å². The van der Waals surface area contributed by atoms with Crippen LogP contribution in [0, 0.1) is 6.92 Å². The molecule has 0 saturated carbocycles. The molecule has 2 fully saturated rings. The maximum absolute atomic E-state index is 5.17. The highest BCUT2D eigenvalue weighted by atomic mass is 15.4. The highest BCUT2D eigenvalue weighted by Crippen LogP contribution is 2.41. The van der Waals surface area contributed by atoms with E-state index in [-0.39, 0.29) is 22.2 Å². The van der Waals surface area contributed by atoms with Crippen molar-refractivity contribution in [2.24, 2.45) is 0 Å². The van der Waals surface area contributed by atoms with Crippen LogP contribution in [0.2, 0.25) is 0 Å². The van der Waals surface area contributed by atoms with E-state index in [9.17, 15) is 0 Å². The van der Waals surface area contributed by atoms with Gasteiger partial charge < -0.3 is 9.80 Å². The van der Waals surface area contributed by atoms with Crippen molar-refractivity contribution in [1.82, 2.24) is 24.8 Å². The molecule has 36 heavy (non-hydrogen) atoms. The third kappa shape index (κ3) is 5.82. The van der Waals surface area contributed by atoms with Crippen LogP contribution >= 0.6 is 0 Å². The van der Waals surface area contributed by atoms with E-state index in [0.29, 0.717) is 12.1 Å². The molecule has 0 unspecified atom stereocenters. The van der Waals surface area contributed by atoms with Crippen LogP contribution in [0.5, 0.6) is 0 Å². The van der Waals surface area contributed by atoms with Crippen molar-refractivity contribution in [1.29, 1.82) is 0 Å². The van der Waals surface area contributed by atoms with Crippen LogP contribution in [0.25, 0.3) is 0 Å². The summed E-state index contributed by atoms with van der Waals surface area (Å²) >= 11 is 0. The van der Waals surface area contributed by atoms with E-state index in [1.165, 1.54) is 0 Å². The van der Waals surface area contributed by atoms with E-state index < -0.39 is 0 Å². The molecule has 0 bridgehead atoms. The predicted molar refractivity (Wildman–Crippen MR) is 153 cm³/mol. The van der Waals surface area contributed by atoms with Crippen LogP contribution in [0.15, 0.2) is 0 Å². The van der Waals surface area contributed by atoms with Crippen LogP contribution in [0.1, 0.15) is 107 Å². The number of anilines is 2. The molecule has 0 radical (unpaired) electrons. The van der Waals surface area contributed by atoms with Crippen molar-refractivity contribution < 1.29 is 0 Å². The van der Waals surface area contributed by atoms with Gasteiger partial charge in [-0.3, -0.25) is 9.80 Å². The maximum atomic E-state index is 5.17. The maximum Gasteiger partial charge on any atom is 0.230 e. The number of aryl methyl sites for hydroxylation is 1. The molecular weight excluding hydrogens is 446 g/mol. The minimum atomic E-state index is 0.115. The Morgan fingerprint density at radius 3 is 1.58 bits per heavy atom. The summed E-state index contributed by atoms with van der Waals surface area (Å²) in [5, 5.41) is 0. The number of piperidine rings is 2. The third-order valence-corrected chi connectivity index (χ3v) is 9.61. The first-order valence-corrected chi connectivity index (χ1v) is 14.1. The highest BCUT2D eigenvalue weighted by Gasteiger charge is 2.46. The Morgan fingerprint density at radius 1 is 0.722 bits per heavy atom. The second kappa shape index (κ2) is 10.0. The van der Waals surface area contributed by atoms with Gasteiger partial charge in [-0.1, -0.05) is 13.3 Å². The quantitative estimate of drug-likeness (QED) is 0.487. The van der Waals surface area contributed by atoms with Crippen molar-refractivity contribution in [2.75, 3.05) is 37.5 Å². The Morgan fingerprint density at radius 2 is 1.14 bits per heavy atom.